The van der Waals surface area contributed by atoms with E-state index in [9.17, 15) is 0 Å². The van der Waals surface area contributed by atoms with Crippen LogP contribution in [-0.2, 0) is 0 Å². The van der Waals surface area contributed by atoms with Crippen LogP contribution in [0.3, 0.4) is 0 Å². The molecule has 0 unspecified atom stereocenters. The van der Waals surface area contributed by atoms with Gasteiger partial charge in [-0.05, 0) is 25.7 Å². The first-order valence-electron chi connectivity index (χ1n) is 4.45. The van der Waals surface area contributed by atoms with Crippen LogP contribution in [0.25, 0.3) is 0 Å². The molecule has 0 amide bonds. The van der Waals surface area contributed by atoms with Crippen molar-refractivity contribution in [1.82, 2.24) is 0 Å². The van der Waals surface area contributed by atoms with Gasteiger partial charge in [0, 0.05) is 0 Å². The summed E-state index contributed by atoms with van der Waals surface area (Å²) >= 11 is 0. The highest BCUT2D eigenvalue weighted by Gasteiger charge is 1.90. The lowest BCUT2D eigenvalue weighted by Gasteiger charge is -2.00. The highest BCUT2D eigenvalue weighted by molar-refractivity contribution is 5.10. The first-order chi connectivity index (χ1) is 5.13. The minimum atomic E-state index is 0.841. The molecule has 0 heterocycles. The van der Waals surface area contributed by atoms with Gasteiger partial charge in [0.1, 0.15) is 0 Å². The van der Waals surface area contributed by atoms with Gasteiger partial charge < -0.3 is 0 Å². The Morgan fingerprint density at radius 2 is 2.09 bits per heavy atom. The molecule has 0 aromatic heterocycles. The molecular weight excluding hydrogens is 132 g/mol. The lowest BCUT2D eigenvalue weighted by molar-refractivity contribution is 0.560. The molecule has 0 aliphatic rings. The third-order valence-electron chi connectivity index (χ3n) is 1.55. The summed E-state index contributed by atoms with van der Waals surface area (Å²) in [5.41, 5.74) is 1.15. The molecule has 11 heavy (non-hydrogen) atoms. The van der Waals surface area contributed by atoms with Crippen molar-refractivity contribution in [3.8, 4) is 0 Å². The number of unbranched alkanes of at least 4 members (excludes halogenated alkanes) is 1. The van der Waals surface area contributed by atoms with Crippen molar-refractivity contribution in [3.63, 3.8) is 0 Å². The van der Waals surface area contributed by atoms with E-state index in [1.807, 2.05) is 6.92 Å². The minimum absolute atomic E-state index is 0.841. The Kier molecular flexibility index (Phi) is 5.91. The van der Waals surface area contributed by atoms with E-state index in [1.165, 1.54) is 19.3 Å². The summed E-state index contributed by atoms with van der Waals surface area (Å²) in [7, 11) is 0. The molecule has 0 spiro atoms. The van der Waals surface area contributed by atoms with Crippen LogP contribution in [0.2, 0.25) is 0 Å². The van der Waals surface area contributed by atoms with E-state index >= 15 is 0 Å². The Hall–Kier alpha value is -0.520. The lowest BCUT2D eigenvalue weighted by atomic mass is 10.1. The average Bonchev–Trinajstić information content (AvgIpc) is 1.85. The lowest BCUT2D eigenvalue weighted by Crippen LogP contribution is -1.84. The van der Waals surface area contributed by atoms with E-state index in [1.54, 1.807) is 0 Å². The van der Waals surface area contributed by atoms with Gasteiger partial charge >= 0.3 is 0 Å². The smallest absolute Gasteiger partial charge is 0.0347 e. The van der Waals surface area contributed by atoms with E-state index < -0.39 is 0 Å². The summed E-state index contributed by atoms with van der Waals surface area (Å²) in [6.07, 6.45) is 8.15. The van der Waals surface area contributed by atoms with Gasteiger partial charge in [0.05, 0.1) is 0 Å². The number of allylic oxidation sites excluding steroid dienone is 3. The first-order valence-corrected chi connectivity index (χ1v) is 4.45. The fraction of sp³-hybridized carbons (Fsp3) is 0.636. The molecule has 0 aliphatic heterocycles. The molecule has 0 N–H and O–H groups in total. The molecule has 0 aromatic rings. The predicted octanol–water partition coefficient (Wildman–Crippen LogP) is 3.95. The molecule has 64 valence electrons. The Morgan fingerprint density at radius 1 is 1.45 bits per heavy atom. The Balaban J connectivity index is 3.21. The molecule has 0 bridgehead atoms. The van der Waals surface area contributed by atoms with Gasteiger partial charge in [0.2, 0.25) is 0 Å². The molecule has 0 rings (SSSR count). The van der Waals surface area contributed by atoms with E-state index in [0.717, 1.165) is 11.5 Å². The van der Waals surface area contributed by atoms with E-state index in [-0.39, 0.29) is 0 Å². The van der Waals surface area contributed by atoms with Crippen molar-refractivity contribution in [2.75, 3.05) is 0 Å². The third kappa shape index (κ3) is 9.48. The van der Waals surface area contributed by atoms with Gasteiger partial charge in [0.25, 0.3) is 0 Å². The average molecular weight is 152 g/mol. The summed E-state index contributed by atoms with van der Waals surface area (Å²) in [6.45, 7) is 10.4. The van der Waals surface area contributed by atoms with E-state index in [0.29, 0.717) is 0 Å². The fourth-order valence-electron chi connectivity index (χ4n) is 0.928. The SMILES string of the molecule is C=C(C)/C=C/CCCC(C)C. The van der Waals surface area contributed by atoms with Gasteiger partial charge in [-0.3, -0.25) is 0 Å². The summed E-state index contributed by atoms with van der Waals surface area (Å²) < 4.78 is 0. The summed E-state index contributed by atoms with van der Waals surface area (Å²) in [5, 5.41) is 0. The second-order valence-electron chi connectivity index (χ2n) is 3.57. The van der Waals surface area contributed by atoms with Crippen molar-refractivity contribution in [2.24, 2.45) is 5.92 Å². The highest BCUT2D eigenvalue weighted by Crippen LogP contribution is 2.06. The molecule has 0 nitrogen and oxygen atoms in total. The van der Waals surface area contributed by atoms with Crippen molar-refractivity contribution in [2.45, 2.75) is 40.0 Å². The normalized spacial score (nSPS) is 11.3. The van der Waals surface area contributed by atoms with Crippen molar-refractivity contribution < 1.29 is 0 Å². The van der Waals surface area contributed by atoms with Gasteiger partial charge in [-0.15, -0.1) is 0 Å². The second-order valence-corrected chi connectivity index (χ2v) is 3.57. The minimum Gasteiger partial charge on any atom is -0.0961 e. The van der Waals surface area contributed by atoms with Crippen LogP contribution in [0.1, 0.15) is 40.0 Å². The highest BCUT2D eigenvalue weighted by atomic mass is 14.0. The zero-order valence-corrected chi connectivity index (χ0v) is 8.06. The zero-order chi connectivity index (χ0) is 8.69. The Bertz CT molecular complexity index is 129. The largest absolute Gasteiger partial charge is 0.0961 e. The maximum atomic E-state index is 3.80. The van der Waals surface area contributed by atoms with Crippen LogP contribution in [0, 0.1) is 5.92 Å². The molecule has 0 radical (unpaired) electrons. The number of hydrogen-bond donors (Lipinski definition) is 0. The van der Waals surface area contributed by atoms with Crippen LogP contribution in [0.15, 0.2) is 24.3 Å². The molecule has 0 heteroatoms. The number of hydrogen-bond acceptors (Lipinski definition) is 0. The number of rotatable bonds is 5. The molecule has 0 atom stereocenters. The van der Waals surface area contributed by atoms with E-state index in [2.05, 4.69) is 32.6 Å². The van der Waals surface area contributed by atoms with Crippen LogP contribution in [0.4, 0.5) is 0 Å². The third-order valence-corrected chi connectivity index (χ3v) is 1.55. The standard InChI is InChI=1S/C11H20/c1-10(2)8-6-5-7-9-11(3)4/h6,8,11H,1,5,7,9H2,2-4H3/b8-6+. The topological polar surface area (TPSA) is 0 Å². The molecule has 0 saturated carbocycles. The van der Waals surface area contributed by atoms with Gasteiger partial charge in [0.15, 0.2) is 0 Å². The summed E-state index contributed by atoms with van der Waals surface area (Å²) in [4.78, 5) is 0. The Labute approximate surface area is 71.0 Å². The molecular formula is C11H20. The van der Waals surface area contributed by atoms with Crippen molar-refractivity contribution >= 4 is 0 Å². The second kappa shape index (κ2) is 6.21. The maximum Gasteiger partial charge on any atom is -0.0347 e. The van der Waals surface area contributed by atoms with Crippen LogP contribution in [0.5, 0.6) is 0 Å². The van der Waals surface area contributed by atoms with Crippen molar-refractivity contribution in [3.05, 3.63) is 24.3 Å². The van der Waals surface area contributed by atoms with Crippen LogP contribution in [-0.4, -0.2) is 0 Å². The molecule has 0 aromatic carbocycles. The van der Waals surface area contributed by atoms with Gasteiger partial charge in [-0.1, -0.05) is 44.6 Å². The summed E-state index contributed by atoms with van der Waals surface area (Å²) in [6, 6.07) is 0. The van der Waals surface area contributed by atoms with Gasteiger partial charge in [-0.2, -0.15) is 0 Å². The fourth-order valence-corrected chi connectivity index (χ4v) is 0.928. The van der Waals surface area contributed by atoms with Crippen molar-refractivity contribution in [1.29, 1.82) is 0 Å². The summed E-state index contributed by atoms with van der Waals surface area (Å²) in [5.74, 6) is 0.841. The van der Waals surface area contributed by atoms with E-state index in [4.69, 9.17) is 0 Å². The molecule has 0 saturated heterocycles. The predicted molar refractivity (Wildman–Crippen MR) is 52.6 cm³/mol. The zero-order valence-electron chi connectivity index (χ0n) is 8.06. The van der Waals surface area contributed by atoms with Crippen LogP contribution < -0.4 is 0 Å². The first kappa shape index (κ1) is 10.5. The Morgan fingerprint density at radius 3 is 2.55 bits per heavy atom. The quantitative estimate of drug-likeness (QED) is 0.413. The molecule has 0 fully saturated rings. The monoisotopic (exact) mass is 152 g/mol. The maximum absolute atomic E-state index is 3.80. The van der Waals surface area contributed by atoms with Gasteiger partial charge in [-0.25, -0.2) is 0 Å². The van der Waals surface area contributed by atoms with Crippen LogP contribution >= 0.6 is 0 Å². The molecule has 0 aliphatic carbocycles.